The predicted molar refractivity (Wildman–Crippen MR) is 89.5 cm³/mol. The fourth-order valence-corrected chi connectivity index (χ4v) is 2.35. The fourth-order valence-electron chi connectivity index (χ4n) is 2.35. The Hall–Kier alpha value is -2.89. The van der Waals surface area contributed by atoms with Crippen molar-refractivity contribution in [2.45, 2.75) is 27.2 Å². The number of benzene rings is 2. The van der Waals surface area contributed by atoms with Crippen molar-refractivity contribution in [2.24, 2.45) is 0 Å². The molecule has 0 fully saturated rings. The molecule has 2 aromatic rings. The molecule has 0 aliphatic rings. The maximum absolute atomic E-state index is 11.8. The van der Waals surface area contributed by atoms with Crippen molar-refractivity contribution in [1.29, 1.82) is 0 Å². The molecule has 0 spiro atoms. The molecule has 0 aliphatic carbocycles. The number of hydrogen-bond acceptors (Lipinski definition) is 5. The lowest BCUT2D eigenvalue weighted by Crippen LogP contribution is -2.12. The minimum Gasteiger partial charge on any atom is -0.493 e. The van der Waals surface area contributed by atoms with Gasteiger partial charge in [0.15, 0.2) is 0 Å². The minimum atomic E-state index is -0.474. The van der Waals surface area contributed by atoms with Crippen molar-refractivity contribution in [3.05, 3.63) is 63.2 Å². The first-order valence-electron chi connectivity index (χ1n) is 7.52. The quantitative estimate of drug-likeness (QED) is 0.348. The second-order valence-corrected chi connectivity index (χ2v) is 5.60. The Balaban J connectivity index is 1.87. The van der Waals surface area contributed by atoms with Crippen LogP contribution in [0.25, 0.3) is 0 Å². The standard InChI is InChI=1S/C18H19NO5/c1-12-8-13(2)10-16(9-12)23-7-6-18(20)24-15-4-5-17(19(21)22)14(3)11-15/h4-5,8-11H,6-7H2,1-3H3. The van der Waals surface area contributed by atoms with Crippen molar-refractivity contribution in [3.63, 3.8) is 0 Å². The van der Waals surface area contributed by atoms with E-state index in [1.807, 2.05) is 32.0 Å². The Labute approximate surface area is 140 Å². The van der Waals surface area contributed by atoms with Crippen molar-refractivity contribution in [3.8, 4) is 11.5 Å². The van der Waals surface area contributed by atoms with Crippen molar-refractivity contribution >= 4 is 11.7 Å². The van der Waals surface area contributed by atoms with E-state index in [1.54, 1.807) is 6.92 Å². The topological polar surface area (TPSA) is 78.7 Å². The maximum atomic E-state index is 11.8. The van der Waals surface area contributed by atoms with Crippen LogP contribution in [0.5, 0.6) is 11.5 Å². The number of carbonyl (C=O) groups excluding carboxylic acids is 1. The predicted octanol–water partition coefficient (Wildman–Crippen LogP) is 3.89. The smallest absolute Gasteiger partial charge is 0.314 e. The van der Waals surface area contributed by atoms with Gasteiger partial charge in [-0.05, 0) is 56.2 Å². The Morgan fingerprint density at radius 2 is 1.71 bits per heavy atom. The third kappa shape index (κ3) is 4.81. The highest BCUT2D eigenvalue weighted by Gasteiger charge is 2.12. The molecule has 0 aromatic heterocycles. The molecule has 24 heavy (non-hydrogen) atoms. The minimum absolute atomic E-state index is 0.00653. The number of esters is 1. The summed E-state index contributed by atoms with van der Waals surface area (Å²) in [6, 6.07) is 10.0. The Morgan fingerprint density at radius 3 is 2.29 bits per heavy atom. The highest BCUT2D eigenvalue weighted by atomic mass is 16.6. The van der Waals surface area contributed by atoms with Gasteiger partial charge in [-0.25, -0.2) is 0 Å². The molecule has 0 bridgehead atoms. The molecule has 2 aromatic carbocycles. The summed E-state index contributed by atoms with van der Waals surface area (Å²) in [4.78, 5) is 22.1. The lowest BCUT2D eigenvalue weighted by molar-refractivity contribution is -0.385. The molecule has 6 heteroatoms. The first kappa shape index (κ1) is 17.5. The SMILES string of the molecule is Cc1cc(C)cc(OCCC(=O)Oc2ccc([N+](=O)[O-])c(C)c2)c1. The van der Waals surface area contributed by atoms with E-state index in [4.69, 9.17) is 9.47 Å². The third-order valence-corrected chi connectivity index (χ3v) is 3.37. The summed E-state index contributed by atoms with van der Waals surface area (Å²) in [6.07, 6.45) is 0.0863. The number of nitro benzene ring substituents is 1. The second kappa shape index (κ2) is 7.59. The van der Waals surface area contributed by atoms with Gasteiger partial charge >= 0.3 is 5.97 Å². The van der Waals surface area contributed by atoms with Crippen LogP contribution < -0.4 is 9.47 Å². The van der Waals surface area contributed by atoms with E-state index in [0.717, 1.165) is 11.1 Å². The monoisotopic (exact) mass is 329 g/mol. The molecular weight excluding hydrogens is 310 g/mol. The molecule has 0 heterocycles. The second-order valence-electron chi connectivity index (χ2n) is 5.60. The molecule has 0 saturated carbocycles. The largest absolute Gasteiger partial charge is 0.493 e. The van der Waals surface area contributed by atoms with Crippen LogP contribution in [-0.4, -0.2) is 17.5 Å². The molecule has 0 atom stereocenters. The van der Waals surface area contributed by atoms with Gasteiger partial charge in [0.2, 0.25) is 0 Å². The zero-order chi connectivity index (χ0) is 17.7. The summed E-state index contributed by atoms with van der Waals surface area (Å²) < 4.78 is 10.7. The van der Waals surface area contributed by atoms with Gasteiger partial charge in [0.1, 0.15) is 11.5 Å². The molecule has 6 nitrogen and oxygen atoms in total. The summed E-state index contributed by atoms with van der Waals surface area (Å²) in [5, 5.41) is 10.8. The number of aryl methyl sites for hydroxylation is 3. The van der Waals surface area contributed by atoms with Gasteiger partial charge in [-0.15, -0.1) is 0 Å². The number of nitro groups is 1. The highest BCUT2D eigenvalue weighted by molar-refractivity contribution is 5.72. The fraction of sp³-hybridized carbons (Fsp3) is 0.278. The van der Waals surface area contributed by atoms with E-state index in [-0.39, 0.29) is 24.5 Å². The molecule has 0 amide bonds. The molecule has 0 radical (unpaired) electrons. The highest BCUT2D eigenvalue weighted by Crippen LogP contribution is 2.23. The van der Waals surface area contributed by atoms with Gasteiger partial charge in [-0.3, -0.25) is 14.9 Å². The normalized spacial score (nSPS) is 10.3. The van der Waals surface area contributed by atoms with Gasteiger partial charge in [0, 0.05) is 11.6 Å². The van der Waals surface area contributed by atoms with E-state index in [9.17, 15) is 14.9 Å². The van der Waals surface area contributed by atoms with Crippen LogP contribution in [0.15, 0.2) is 36.4 Å². The Bertz CT molecular complexity index is 750. The van der Waals surface area contributed by atoms with Crippen LogP contribution in [0.2, 0.25) is 0 Å². The molecule has 0 unspecified atom stereocenters. The number of ether oxygens (including phenoxy) is 2. The molecular formula is C18H19NO5. The van der Waals surface area contributed by atoms with E-state index in [1.165, 1.54) is 18.2 Å². The van der Waals surface area contributed by atoms with Crippen molar-refractivity contribution in [2.75, 3.05) is 6.61 Å². The van der Waals surface area contributed by atoms with E-state index >= 15 is 0 Å². The first-order chi connectivity index (χ1) is 11.3. The van der Waals surface area contributed by atoms with Gasteiger partial charge in [-0.2, -0.15) is 0 Å². The van der Waals surface area contributed by atoms with Crippen LogP contribution in [-0.2, 0) is 4.79 Å². The van der Waals surface area contributed by atoms with Gasteiger partial charge in [0.05, 0.1) is 18.0 Å². The van der Waals surface area contributed by atoms with Gasteiger partial charge < -0.3 is 9.47 Å². The van der Waals surface area contributed by atoms with Crippen molar-refractivity contribution in [1.82, 2.24) is 0 Å². The molecule has 2 rings (SSSR count). The molecule has 126 valence electrons. The van der Waals surface area contributed by atoms with Crippen LogP contribution >= 0.6 is 0 Å². The summed E-state index contributed by atoms with van der Waals surface area (Å²) in [7, 11) is 0. The average molecular weight is 329 g/mol. The Kier molecular flexibility index (Phi) is 5.52. The number of hydrogen-bond donors (Lipinski definition) is 0. The summed E-state index contributed by atoms with van der Waals surface area (Å²) in [5.41, 5.74) is 2.62. The van der Waals surface area contributed by atoms with Crippen molar-refractivity contribution < 1.29 is 19.2 Å². The maximum Gasteiger partial charge on any atom is 0.314 e. The number of nitrogens with zero attached hydrogens (tertiary/aromatic N) is 1. The van der Waals surface area contributed by atoms with Crippen LogP contribution in [0.1, 0.15) is 23.1 Å². The summed E-state index contributed by atoms with van der Waals surface area (Å²) >= 11 is 0. The average Bonchev–Trinajstić information content (AvgIpc) is 2.45. The summed E-state index contributed by atoms with van der Waals surface area (Å²) in [5.74, 6) is 0.550. The lowest BCUT2D eigenvalue weighted by Gasteiger charge is -2.09. The van der Waals surface area contributed by atoms with Crippen LogP contribution in [0, 0.1) is 30.9 Å². The van der Waals surface area contributed by atoms with Crippen LogP contribution in [0.4, 0.5) is 5.69 Å². The zero-order valence-corrected chi connectivity index (χ0v) is 13.9. The molecule has 0 aliphatic heterocycles. The van der Waals surface area contributed by atoms with Gasteiger partial charge in [-0.1, -0.05) is 6.07 Å². The van der Waals surface area contributed by atoms with Crippen LogP contribution in [0.3, 0.4) is 0 Å². The number of rotatable bonds is 6. The third-order valence-electron chi connectivity index (χ3n) is 3.37. The van der Waals surface area contributed by atoms with E-state index in [0.29, 0.717) is 11.3 Å². The zero-order valence-electron chi connectivity index (χ0n) is 13.9. The Morgan fingerprint density at radius 1 is 1.04 bits per heavy atom. The first-order valence-corrected chi connectivity index (χ1v) is 7.52. The number of carbonyl (C=O) groups is 1. The lowest BCUT2D eigenvalue weighted by atomic mass is 10.1. The van der Waals surface area contributed by atoms with Gasteiger partial charge in [0.25, 0.3) is 5.69 Å². The van der Waals surface area contributed by atoms with E-state index in [2.05, 4.69) is 0 Å². The molecule has 0 saturated heterocycles. The summed E-state index contributed by atoms with van der Waals surface area (Å²) in [6.45, 7) is 5.75. The van der Waals surface area contributed by atoms with E-state index < -0.39 is 10.9 Å². The molecule has 0 N–H and O–H groups in total.